The Morgan fingerprint density at radius 3 is 2.05 bits per heavy atom. The number of amides is 1. The van der Waals surface area contributed by atoms with Crippen molar-refractivity contribution in [1.82, 2.24) is 5.32 Å². The van der Waals surface area contributed by atoms with E-state index in [9.17, 15) is 4.79 Å². The van der Waals surface area contributed by atoms with Crippen LogP contribution in [0.15, 0.2) is 24.3 Å². The highest BCUT2D eigenvalue weighted by Crippen LogP contribution is 2.22. The van der Waals surface area contributed by atoms with Gasteiger partial charge >= 0.3 is 0 Å². The molecule has 3 heteroatoms. The molecule has 0 heterocycles. The van der Waals surface area contributed by atoms with Gasteiger partial charge in [0.25, 0.3) is 5.91 Å². The molecule has 0 spiro atoms. The van der Waals surface area contributed by atoms with Crippen molar-refractivity contribution in [1.29, 1.82) is 0 Å². The fourth-order valence-electron chi connectivity index (χ4n) is 1.88. The Morgan fingerprint density at radius 2 is 1.57 bits per heavy atom. The molecule has 21 heavy (non-hydrogen) atoms. The summed E-state index contributed by atoms with van der Waals surface area (Å²) in [5.74, 6) is 0.655. The van der Waals surface area contributed by atoms with Gasteiger partial charge in [-0.2, -0.15) is 0 Å². The van der Waals surface area contributed by atoms with Gasteiger partial charge in [0.1, 0.15) is 5.75 Å². The molecule has 0 unspecified atom stereocenters. The summed E-state index contributed by atoms with van der Waals surface area (Å²) in [7, 11) is 0. The molecule has 0 aliphatic rings. The third-order valence-electron chi connectivity index (χ3n) is 2.84. The Labute approximate surface area is 129 Å². The predicted molar refractivity (Wildman–Crippen MR) is 87.6 cm³/mol. The maximum atomic E-state index is 11.7. The smallest absolute Gasteiger partial charge is 0.257 e. The fourth-order valence-corrected chi connectivity index (χ4v) is 1.88. The van der Waals surface area contributed by atoms with Crippen molar-refractivity contribution in [3.8, 4) is 5.75 Å². The highest BCUT2D eigenvalue weighted by molar-refractivity contribution is 5.77. The zero-order valence-corrected chi connectivity index (χ0v) is 14.2. The van der Waals surface area contributed by atoms with E-state index in [0.717, 1.165) is 12.2 Å². The van der Waals surface area contributed by atoms with Gasteiger partial charge < -0.3 is 10.1 Å². The number of carbonyl (C=O) groups is 1. The van der Waals surface area contributed by atoms with E-state index in [1.54, 1.807) is 0 Å². The van der Waals surface area contributed by atoms with Gasteiger partial charge in [0.15, 0.2) is 6.61 Å². The normalized spacial score (nSPS) is 12.1. The molecule has 0 bridgehead atoms. The number of benzene rings is 1. The fraction of sp³-hybridized carbons (Fsp3) is 0.611. The molecular weight excluding hydrogens is 262 g/mol. The zero-order chi connectivity index (χ0) is 16.1. The molecule has 1 rings (SSSR count). The van der Waals surface area contributed by atoms with Crippen LogP contribution in [0.25, 0.3) is 0 Å². The van der Waals surface area contributed by atoms with E-state index in [0.29, 0.717) is 6.54 Å². The summed E-state index contributed by atoms with van der Waals surface area (Å²) in [5, 5.41) is 2.87. The van der Waals surface area contributed by atoms with Crippen molar-refractivity contribution in [3.05, 3.63) is 29.8 Å². The van der Waals surface area contributed by atoms with E-state index in [4.69, 9.17) is 4.74 Å². The number of ether oxygens (including phenoxy) is 1. The maximum absolute atomic E-state index is 11.7. The molecule has 0 radical (unpaired) electrons. The third-order valence-corrected chi connectivity index (χ3v) is 2.84. The standard InChI is InChI=1S/C18H29NO2/c1-17(2,3)11-14-7-9-15(10-8-14)21-12-16(20)19-13-18(4,5)6/h7-10H,11-13H2,1-6H3,(H,19,20). The average Bonchev–Trinajstić information content (AvgIpc) is 2.33. The topological polar surface area (TPSA) is 38.3 Å². The lowest BCUT2D eigenvalue weighted by Gasteiger charge is -2.19. The van der Waals surface area contributed by atoms with Gasteiger partial charge in [-0.3, -0.25) is 4.79 Å². The largest absolute Gasteiger partial charge is 0.484 e. The Bertz CT molecular complexity index is 450. The monoisotopic (exact) mass is 291 g/mol. The molecule has 0 aliphatic heterocycles. The Hall–Kier alpha value is -1.51. The van der Waals surface area contributed by atoms with Crippen LogP contribution in [-0.2, 0) is 11.2 Å². The van der Waals surface area contributed by atoms with Gasteiger partial charge in [0.05, 0.1) is 0 Å². The average molecular weight is 291 g/mol. The van der Waals surface area contributed by atoms with Gasteiger partial charge in [0.2, 0.25) is 0 Å². The first-order chi connectivity index (χ1) is 9.55. The van der Waals surface area contributed by atoms with Crippen LogP contribution in [0, 0.1) is 10.8 Å². The van der Waals surface area contributed by atoms with E-state index >= 15 is 0 Å². The molecule has 1 aromatic rings. The maximum Gasteiger partial charge on any atom is 0.257 e. The minimum atomic E-state index is -0.0799. The van der Waals surface area contributed by atoms with E-state index in [1.165, 1.54) is 5.56 Å². The third kappa shape index (κ3) is 8.38. The number of rotatable bonds is 5. The second kappa shape index (κ2) is 6.97. The molecule has 3 nitrogen and oxygen atoms in total. The zero-order valence-electron chi connectivity index (χ0n) is 14.2. The van der Waals surface area contributed by atoms with Crippen LogP contribution in [0.1, 0.15) is 47.1 Å². The molecule has 0 aliphatic carbocycles. The van der Waals surface area contributed by atoms with Gasteiger partial charge in [-0.1, -0.05) is 53.7 Å². The summed E-state index contributed by atoms with van der Waals surface area (Å²) in [6, 6.07) is 7.98. The lowest BCUT2D eigenvalue weighted by molar-refractivity contribution is -0.123. The first kappa shape index (κ1) is 17.5. The second-order valence-corrected chi connectivity index (χ2v) is 8.01. The first-order valence-electron chi connectivity index (χ1n) is 7.54. The molecule has 0 aromatic heterocycles. The molecular formula is C18H29NO2. The van der Waals surface area contributed by atoms with Gasteiger partial charge in [0, 0.05) is 6.54 Å². The summed E-state index contributed by atoms with van der Waals surface area (Å²) in [6.07, 6.45) is 1.03. The van der Waals surface area contributed by atoms with Crippen molar-refractivity contribution in [2.45, 2.75) is 48.0 Å². The number of hydrogen-bond acceptors (Lipinski definition) is 2. The van der Waals surface area contributed by atoms with E-state index in [1.807, 2.05) is 12.1 Å². The summed E-state index contributed by atoms with van der Waals surface area (Å²) in [6.45, 7) is 13.6. The summed E-state index contributed by atoms with van der Waals surface area (Å²) >= 11 is 0. The molecule has 0 saturated carbocycles. The van der Waals surface area contributed by atoms with Crippen molar-refractivity contribution >= 4 is 5.91 Å². The minimum Gasteiger partial charge on any atom is -0.484 e. The number of nitrogens with one attached hydrogen (secondary N) is 1. The van der Waals surface area contributed by atoms with E-state index < -0.39 is 0 Å². The van der Waals surface area contributed by atoms with Gasteiger partial charge in [-0.15, -0.1) is 0 Å². The summed E-state index contributed by atoms with van der Waals surface area (Å²) < 4.78 is 5.51. The molecule has 1 amide bonds. The quantitative estimate of drug-likeness (QED) is 0.895. The summed E-state index contributed by atoms with van der Waals surface area (Å²) in [4.78, 5) is 11.7. The molecule has 1 aromatic carbocycles. The molecule has 0 atom stereocenters. The number of hydrogen-bond donors (Lipinski definition) is 1. The van der Waals surface area contributed by atoms with Crippen LogP contribution in [0.2, 0.25) is 0 Å². The Morgan fingerprint density at radius 1 is 1.00 bits per heavy atom. The first-order valence-corrected chi connectivity index (χ1v) is 7.54. The second-order valence-electron chi connectivity index (χ2n) is 8.01. The van der Waals surface area contributed by atoms with Crippen molar-refractivity contribution in [2.24, 2.45) is 10.8 Å². The molecule has 118 valence electrons. The molecule has 1 N–H and O–H groups in total. The van der Waals surface area contributed by atoms with Crippen LogP contribution < -0.4 is 10.1 Å². The van der Waals surface area contributed by atoms with Gasteiger partial charge in [-0.05, 0) is 34.9 Å². The Balaban J connectivity index is 2.41. The van der Waals surface area contributed by atoms with Crippen LogP contribution in [0.4, 0.5) is 0 Å². The highest BCUT2D eigenvalue weighted by atomic mass is 16.5. The molecule has 0 fully saturated rings. The number of carbonyl (C=O) groups excluding carboxylic acids is 1. The van der Waals surface area contributed by atoms with E-state index in [-0.39, 0.29) is 23.3 Å². The van der Waals surface area contributed by atoms with Crippen molar-refractivity contribution < 1.29 is 9.53 Å². The SMILES string of the molecule is CC(C)(C)CNC(=O)COc1ccc(CC(C)(C)C)cc1. The van der Waals surface area contributed by atoms with Crippen LogP contribution in [0.5, 0.6) is 5.75 Å². The van der Waals surface area contributed by atoms with Crippen LogP contribution in [-0.4, -0.2) is 19.1 Å². The van der Waals surface area contributed by atoms with Crippen molar-refractivity contribution in [2.75, 3.05) is 13.2 Å². The summed E-state index contributed by atoms with van der Waals surface area (Å²) in [5.41, 5.74) is 1.64. The van der Waals surface area contributed by atoms with Crippen LogP contribution >= 0.6 is 0 Å². The van der Waals surface area contributed by atoms with E-state index in [2.05, 4.69) is 59.0 Å². The highest BCUT2D eigenvalue weighted by Gasteiger charge is 2.13. The van der Waals surface area contributed by atoms with Gasteiger partial charge in [-0.25, -0.2) is 0 Å². The minimum absolute atomic E-state index is 0.0642. The lowest BCUT2D eigenvalue weighted by Crippen LogP contribution is -2.35. The van der Waals surface area contributed by atoms with Crippen molar-refractivity contribution in [3.63, 3.8) is 0 Å². The Kier molecular flexibility index (Phi) is 5.82. The molecule has 0 saturated heterocycles. The van der Waals surface area contributed by atoms with Crippen LogP contribution in [0.3, 0.4) is 0 Å². The lowest BCUT2D eigenvalue weighted by atomic mass is 9.88. The predicted octanol–water partition coefficient (Wildman–Crippen LogP) is 3.82.